The molecule has 0 aliphatic heterocycles. The molecule has 4 nitrogen and oxygen atoms in total. The van der Waals surface area contributed by atoms with Crippen molar-refractivity contribution in [2.75, 3.05) is 13.1 Å². The largest absolute Gasteiger partial charge is 0.295 e. The molecule has 0 rings (SSSR count). The van der Waals surface area contributed by atoms with Crippen molar-refractivity contribution in [1.82, 2.24) is 0 Å². The Balaban J connectivity index is 4.21. The van der Waals surface area contributed by atoms with Gasteiger partial charge in [-0.2, -0.15) is 0 Å². The summed E-state index contributed by atoms with van der Waals surface area (Å²) in [4.78, 5) is 19.0. The smallest absolute Gasteiger partial charge is 0.132 e. The van der Waals surface area contributed by atoms with E-state index in [1.54, 1.807) is 12.4 Å². The number of hydrogen-bond donors (Lipinski definition) is 0. The molecule has 0 fully saturated rings. The Morgan fingerprint density at radius 2 is 1.12 bits per heavy atom. The van der Waals surface area contributed by atoms with E-state index < -0.39 is 11.2 Å². The third-order valence-corrected chi connectivity index (χ3v) is 1.64. The summed E-state index contributed by atoms with van der Waals surface area (Å²) in [6.45, 7) is 13.0. The van der Waals surface area contributed by atoms with Crippen molar-refractivity contribution in [3.8, 4) is 0 Å². The zero-order chi connectivity index (χ0) is 12.7. The maximum atomic E-state index is 5.35. The second-order valence-corrected chi connectivity index (χ2v) is 4.63. The lowest BCUT2D eigenvalue weighted by Gasteiger charge is -2.25. The van der Waals surface area contributed by atoms with Gasteiger partial charge in [0.2, 0.25) is 0 Å². The van der Waals surface area contributed by atoms with Gasteiger partial charge in [-0.15, -0.1) is 0 Å². The van der Waals surface area contributed by atoms with E-state index in [0.29, 0.717) is 0 Å². The molecule has 4 heteroatoms. The second kappa shape index (κ2) is 6.76. The molecule has 94 valence electrons. The minimum atomic E-state index is -0.521. The number of nitrogens with zero attached hydrogens (tertiary/aromatic N) is 2. The molecule has 0 heterocycles. The zero-order valence-corrected chi connectivity index (χ0v) is 11.3. The van der Waals surface area contributed by atoms with Gasteiger partial charge < -0.3 is 0 Å². The van der Waals surface area contributed by atoms with Gasteiger partial charge in [-0.3, -0.25) is 9.98 Å². The standard InChI is InChI=1S/C12H24N2O2/c1-7-13-9-11(3,4)15-16-12(5,6)10-14-8-2/h9-10H,7-8H2,1-6H3. The normalized spacial score (nSPS) is 14.1. The Hall–Kier alpha value is -0.740. The first-order chi connectivity index (χ1) is 7.33. The van der Waals surface area contributed by atoms with Crippen LogP contribution in [0.3, 0.4) is 0 Å². The van der Waals surface area contributed by atoms with Crippen LogP contribution in [-0.2, 0) is 9.78 Å². The summed E-state index contributed by atoms with van der Waals surface area (Å²) in [7, 11) is 0. The van der Waals surface area contributed by atoms with Gasteiger partial charge in [0, 0.05) is 25.5 Å². The van der Waals surface area contributed by atoms with Crippen molar-refractivity contribution in [2.24, 2.45) is 9.98 Å². The SMILES string of the molecule is CCN=CC(C)(C)OOC(C)(C)C=NCC. The summed E-state index contributed by atoms with van der Waals surface area (Å²) in [6, 6.07) is 0. The van der Waals surface area contributed by atoms with Crippen LogP contribution in [0.4, 0.5) is 0 Å². The Labute approximate surface area is 98.7 Å². The lowest BCUT2D eigenvalue weighted by Crippen LogP contribution is -2.34. The average Bonchev–Trinajstić information content (AvgIpc) is 2.22. The number of hydrogen-bond acceptors (Lipinski definition) is 4. The van der Waals surface area contributed by atoms with Crippen molar-refractivity contribution >= 4 is 12.4 Å². The maximum Gasteiger partial charge on any atom is 0.132 e. The Morgan fingerprint density at radius 3 is 1.38 bits per heavy atom. The predicted molar refractivity (Wildman–Crippen MR) is 68.4 cm³/mol. The molecule has 0 spiro atoms. The van der Waals surface area contributed by atoms with Gasteiger partial charge in [-0.25, -0.2) is 9.78 Å². The molecule has 0 aromatic carbocycles. The second-order valence-electron chi connectivity index (χ2n) is 4.63. The van der Waals surface area contributed by atoms with E-state index in [1.165, 1.54) is 0 Å². The minimum absolute atomic E-state index is 0.521. The van der Waals surface area contributed by atoms with E-state index in [0.717, 1.165) is 13.1 Å². The van der Waals surface area contributed by atoms with E-state index in [4.69, 9.17) is 9.78 Å². The lowest BCUT2D eigenvalue weighted by molar-refractivity contribution is -0.367. The van der Waals surface area contributed by atoms with Gasteiger partial charge in [0.15, 0.2) is 0 Å². The molecule has 0 amide bonds. The average molecular weight is 228 g/mol. The molecule has 0 aromatic rings. The number of rotatable bonds is 7. The van der Waals surface area contributed by atoms with Crippen LogP contribution < -0.4 is 0 Å². The summed E-state index contributed by atoms with van der Waals surface area (Å²) in [5.41, 5.74) is -1.04. The monoisotopic (exact) mass is 228 g/mol. The van der Waals surface area contributed by atoms with Crippen LogP contribution >= 0.6 is 0 Å². The van der Waals surface area contributed by atoms with Crippen LogP contribution in [0.15, 0.2) is 9.98 Å². The van der Waals surface area contributed by atoms with E-state index in [-0.39, 0.29) is 0 Å². The quantitative estimate of drug-likeness (QED) is 0.382. The highest BCUT2D eigenvalue weighted by atomic mass is 17.2. The highest BCUT2D eigenvalue weighted by Gasteiger charge is 2.23. The third-order valence-electron chi connectivity index (χ3n) is 1.64. The third kappa shape index (κ3) is 7.54. The first-order valence-electron chi connectivity index (χ1n) is 5.72. The molecule has 0 saturated carbocycles. The highest BCUT2D eigenvalue weighted by Crippen LogP contribution is 2.14. The van der Waals surface area contributed by atoms with Gasteiger partial charge >= 0.3 is 0 Å². The van der Waals surface area contributed by atoms with E-state index in [9.17, 15) is 0 Å². The minimum Gasteiger partial charge on any atom is -0.295 e. The molecule has 0 aliphatic carbocycles. The Bertz CT molecular complexity index is 219. The van der Waals surface area contributed by atoms with E-state index in [2.05, 4.69) is 9.98 Å². The topological polar surface area (TPSA) is 43.2 Å². The molecule has 0 bridgehead atoms. The van der Waals surface area contributed by atoms with Gasteiger partial charge in [0.25, 0.3) is 0 Å². The summed E-state index contributed by atoms with van der Waals surface area (Å²) in [5, 5.41) is 0. The Kier molecular flexibility index (Phi) is 6.45. The summed E-state index contributed by atoms with van der Waals surface area (Å²) >= 11 is 0. The van der Waals surface area contributed by atoms with Gasteiger partial charge in [-0.05, 0) is 41.5 Å². The van der Waals surface area contributed by atoms with E-state index >= 15 is 0 Å². The highest BCUT2D eigenvalue weighted by molar-refractivity contribution is 5.68. The predicted octanol–water partition coefficient (Wildman–Crippen LogP) is 2.67. The van der Waals surface area contributed by atoms with Crippen LogP contribution in [0.2, 0.25) is 0 Å². The summed E-state index contributed by atoms with van der Waals surface area (Å²) < 4.78 is 0. The van der Waals surface area contributed by atoms with E-state index in [1.807, 2.05) is 41.5 Å². The van der Waals surface area contributed by atoms with Gasteiger partial charge in [-0.1, -0.05) is 0 Å². The van der Waals surface area contributed by atoms with Crippen LogP contribution in [-0.4, -0.2) is 36.7 Å². The fourth-order valence-electron chi connectivity index (χ4n) is 0.880. The summed E-state index contributed by atoms with van der Waals surface area (Å²) in [6.07, 6.45) is 3.50. The van der Waals surface area contributed by atoms with Crippen molar-refractivity contribution in [1.29, 1.82) is 0 Å². The Morgan fingerprint density at radius 1 is 0.812 bits per heavy atom. The molecule has 0 aromatic heterocycles. The van der Waals surface area contributed by atoms with Crippen LogP contribution in [0, 0.1) is 0 Å². The van der Waals surface area contributed by atoms with Crippen LogP contribution in [0.5, 0.6) is 0 Å². The van der Waals surface area contributed by atoms with Gasteiger partial charge in [0.1, 0.15) is 11.2 Å². The molecule has 0 saturated heterocycles. The molecule has 0 N–H and O–H groups in total. The molecule has 0 unspecified atom stereocenters. The fraction of sp³-hybridized carbons (Fsp3) is 0.833. The lowest BCUT2D eigenvalue weighted by atomic mass is 10.1. The molecule has 0 aliphatic rings. The molecular formula is C12H24N2O2. The van der Waals surface area contributed by atoms with Crippen molar-refractivity contribution in [3.63, 3.8) is 0 Å². The molecule has 0 radical (unpaired) electrons. The van der Waals surface area contributed by atoms with Gasteiger partial charge in [0.05, 0.1) is 0 Å². The zero-order valence-electron chi connectivity index (χ0n) is 11.3. The van der Waals surface area contributed by atoms with Crippen molar-refractivity contribution in [3.05, 3.63) is 0 Å². The van der Waals surface area contributed by atoms with Crippen molar-refractivity contribution in [2.45, 2.75) is 52.7 Å². The first-order valence-corrected chi connectivity index (χ1v) is 5.72. The fourth-order valence-corrected chi connectivity index (χ4v) is 0.880. The molecule has 16 heavy (non-hydrogen) atoms. The number of aliphatic imine (C=N–C) groups is 2. The summed E-state index contributed by atoms with van der Waals surface area (Å²) in [5.74, 6) is 0. The molecular weight excluding hydrogens is 204 g/mol. The van der Waals surface area contributed by atoms with Crippen LogP contribution in [0.25, 0.3) is 0 Å². The maximum absolute atomic E-state index is 5.35. The molecule has 0 atom stereocenters. The first kappa shape index (κ1) is 15.3. The van der Waals surface area contributed by atoms with Crippen molar-refractivity contribution < 1.29 is 9.78 Å². The van der Waals surface area contributed by atoms with Crippen LogP contribution in [0.1, 0.15) is 41.5 Å².